The molecule has 3 rings (SSSR count). The summed E-state index contributed by atoms with van der Waals surface area (Å²) in [5.74, 6) is -0.272. The van der Waals surface area contributed by atoms with E-state index in [1.807, 2.05) is 6.07 Å². The van der Waals surface area contributed by atoms with Gasteiger partial charge in [0, 0.05) is 37.9 Å². The molecule has 1 aliphatic rings. The number of para-hydroxylation sites is 1. The van der Waals surface area contributed by atoms with Crippen molar-refractivity contribution in [2.75, 3.05) is 31.1 Å². The van der Waals surface area contributed by atoms with Crippen LogP contribution in [0, 0.1) is 17.0 Å². The van der Waals surface area contributed by atoms with E-state index in [4.69, 9.17) is 0 Å². The van der Waals surface area contributed by atoms with Crippen molar-refractivity contribution in [3.63, 3.8) is 0 Å². The van der Waals surface area contributed by atoms with Crippen LogP contribution in [0.1, 0.15) is 15.9 Å². The Balaban J connectivity index is 1.71. The highest BCUT2D eigenvalue weighted by atomic mass is 16.6. The summed E-state index contributed by atoms with van der Waals surface area (Å²) in [5, 5.41) is 11.1. The second kappa shape index (κ2) is 6.70. The predicted octanol–water partition coefficient (Wildman–Crippen LogP) is 2.87. The number of nitro groups is 1. The average molecular weight is 325 g/mol. The number of benzene rings is 2. The zero-order chi connectivity index (χ0) is 17.1. The molecule has 1 fully saturated rings. The van der Waals surface area contributed by atoms with E-state index >= 15 is 0 Å². The highest BCUT2D eigenvalue weighted by molar-refractivity contribution is 5.98. The lowest BCUT2D eigenvalue weighted by molar-refractivity contribution is -0.385. The predicted molar refractivity (Wildman–Crippen MR) is 92.4 cm³/mol. The standard InChI is InChI=1S/C18H19N3O3/c1-14-5-4-6-15(13-14)19-9-11-20(12-10-19)18(22)16-7-2-3-8-17(16)21(23)24/h2-8,13H,9-12H2,1H3. The van der Waals surface area contributed by atoms with Crippen LogP contribution >= 0.6 is 0 Å². The number of amides is 1. The third-order valence-electron chi connectivity index (χ3n) is 4.26. The molecule has 6 heteroatoms. The average Bonchev–Trinajstić information content (AvgIpc) is 2.61. The number of nitro benzene ring substituents is 1. The molecular weight excluding hydrogens is 306 g/mol. The molecule has 2 aromatic carbocycles. The van der Waals surface area contributed by atoms with E-state index in [1.54, 1.807) is 17.0 Å². The minimum absolute atomic E-state index is 0.136. The fraction of sp³-hybridized carbons (Fsp3) is 0.278. The molecule has 1 amide bonds. The number of rotatable bonds is 3. The molecule has 0 spiro atoms. The number of nitrogens with zero attached hydrogens (tertiary/aromatic N) is 3. The lowest BCUT2D eigenvalue weighted by Gasteiger charge is -2.36. The Hall–Kier alpha value is -2.89. The first kappa shape index (κ1) is 16.0. The molecule has 6 nitrogen and oxygen atoms in total. The largest absolute Gasteiger partial charge is 0.368 e. The van der Waals surface area contributed by atoms with Gasteiger partial charge in [0.15, 0.2) is 0 Å². The number of carbonyl (C=O) groups excluding carboxylic acids is 1. The monoisotopic (exact) mass is 325 g/mol. The van der Waals surface area contributed by atoms with Crippen molar-refractivity contribution in [2.45, 2.75) is 6.92 Å². The van der Waals surface area contributed by atoms with Gasteiger partial charge in [-0.3, -0.25) is 14.9 Å². The Morgan fingerprint density at radius 3 is 2.42 bits per heavy atom. The van der Waals surface area contributed by atoms with E-state index < -0.39 is 4.92 Å². The van der Waals surface area contributed by atoms with E-state index in [2.05, 4.69) is 30.0 Å². The third kappa shape index (κ3) is 3.22. The molecule has 124 valence electrons. The summed E-state index contributed by atoms with van der Waals surface area (Å²) in [5.41, 5.74) is 2.37. The highest BCUT2D eigenvalue weighted by Gasteiger charge is 2.27. The lowest BCUT2D eigenvalue weighted by Crippen LogP contribution is -2.48. The van der Waals surface area contributed by atoms with Crippen molar-refractivity contribution in [1.29, 1.82) is 0 Å². The molecule has 0 N–H and O–H groups in total. The molecule has 2 aromatic rings. The van der Waals surface area contributed by atoms with E-state index in [1.165, 1.54) is 17.7 Å². The van der Waals surface area contributed by atoms with Crippen molar-refractivity contribution < 1.29 is 9.72 Å². The van der Waals surface area contributed by atoms with Gasteiger partial charge in [-0.2, -0.15) is 0 Å². The second-order valence-corrected chi connectivity index (χ2v) is 5.89. The summed E-state index contributed by atoms with van der Waals surface area (Å²) < 4.78 is 0. The Morgan fingerprint density at radius 1 is 1.04 bits per heavy atom. The molecule has 0 radical (unpaired) electrons. The van der Waals surface area contributed by atoms with Crippen molar-refractivity contribution in [2.24, 2.45) is 0 Å². The van der Waals surface area contributed by atoms with Gasteiger partial charge >= 0.3 is 0 Å². The van der Waals surface area contributed by atoms with E-state index in [0.717, 1.165) is 18.8 Å². The molecule has 0 atom stereocenters. The summed E-state index contributed by atoms with van der Waals surface area (Å²) in [6.45, 7) is 4.60. The topological polar surface area (TPSA) is 66.7 Å². The quantitative estimate of drug-likeness (QED) is 0.643. The van der Waals surface area contributed by atoms with Gasteiger partial charge in [-0.1, -0.05) is 24.3 Å². The summed E-state index contributed by atoms with van der Waals surface area (Å²) >= 11 is 0. The van der Waals surface area contributed by atoms with Crippen molar-refractivity contribution in [3.8, 4) is 0 Å². The van der Waals surface area contributed by atoms with Crippen LogP contribution in [0.15, 0.2) is 48.5 Å². The molecule has 1 heterocycles. The molecule has 0 aromatic heterocycles. The van der Waals surface area contributed by atoms with Gasteiger partial charge in [0.25, 0.3) is 11.6 Å². The van der Waals surface area contributed by atoms with Crippen LogP contribution in [-0.2, 0) is 0 Å². The molecule has 0 bridgehead atoms. The highest BCUT2D eigenvalue weighted by Crippen LogP contribution is 2.22. The van der Waals surface area contributed by atoms with Crippen LogP contribution in [0.5, 0.6) is 0 Å². The Labute approximate surface area is 140 Å². The van der Waals surface area contributed by atoms with Gasteiger partial charge in [0.05, 0.1) is 4.92 Å². The fourth-order valence-electron chi connectivity index (χ4n) is 2.98. The smallest absolute Gasteiger partial charge is 0.282 e. The van der Waals surface area contributed by atoms with Crippen LogP contribution in [0.2, 0.25) is 0 Å². The van der Waals surface area contributed by atoms with Crippen LogP contribution in [-0.4, -0.2) is 41.9 Å². The summed E-state index contributed by atoms with van der Waals surface area (Å²) in [6.07, 6.45) is 0. The number of aryl methyl sites for hydroxylation is 1. The van der Waals surface area contributed by atoms with Crippen LogP contribution < -0.4 is 4.90 Å². The van der Waals surface area contributed by atoms with Crippen LogP contribution in [0.4, 0.5) is 11.4 Å². The molecule has 1 saturated heterocycles. The summed E-state index contributed by atoms with van der Waals surface area (Å²) in [7, 11) is 0. The van der Waals surface area contributed by atoms with Crippen molar-refractivity contribution in [1.82, 2.24) is 4.90 Å². The maximum absolute atomic E-state index is 12.6. The number of piperazine rings is 1. The zero-order valence-electron chi connectivity index (χ0n) is 13.5. The number of hydrogen-bond acceptors (Lipinski definition) is 4. The van der Waals surface area contributed by atoms with Gasteiger partial charge in [0.1, 0.15) is 5.56 Å². The molecule has 0 aliphatic carbocycles. The molecule has 0 saturated carbocycles. The van der Waals surface area contributed by atoms with Crippen LogP contribution in [0.3, 0.4) is 0 Å². The van der Waals surface area contributed by atoms with E-state index in [9.17, 15) is 14.9 Å². The first-order chi connectivity index (χ1) is 11.6. The summed E-state index contributed by atoms with van der Waals surface area (Å²) in [6, 6.07) is 14.4. The number of carbonyl (C=O) groups is 1. The SMILES string of the molecule is Cc1cccc(N2CCN(C(=O)c3ccccc3[N+](=O)[O-])CC2)c1. The van der Waals surface area contributed by atoms with Crippen LogP contribution in [0.25, 0.3) is 0 Å². The van der Waals surface area contributed by atoms with E-state index in [-0.39, 0.29) is 17.2 Å². The normalized spacial score (nSPS) is 14.5. The van der Waals surface area contributed by atoms with Gasteiger partial charge in [-0.05, 0) is 30.7 Å². The van der Waals surface area contributed by atoms with Gasteiger partial charge in [-0.25, -0.2) is 0 Å². The minimum Gasteiger partial charge on any atom is -0.368 e. The number of hydrogen-bond donors (Lipinski definition) is 0. The fourth-order valence-corrected chi connectivity index (χ4v) is 2.98. The molecule has 0 unspecified atom stereocenters. The Morgan fingerprint density at radius 2 is 1.75 bits per heavy atom. The molecular formula is C18H19N3O3. The van der Waals surface area contributed by atoms with E-state index in [0.29, 0.717) is 13.1 Å². The first-order valence-electron chi connectivity index (χ1n) is 7.90. The second-order valence-electron chi connectivity index (χ2n) is 5.89. The Kier molecular flexibility index (Phi) is 4.46. The maximum atomic E-state index is 12.6. The zero-order valence-corrected chi connectivity index (χ0v) is 13.5. The van der Waals surface area contributed by atoms with Gasteiger partial charge < -0.3 is 9.80 Å². The molecule has 1 aliphatic heterocycles. The third-order valence-corrected chi connectivity index (χ3v) is 4.26. The van der Waals surface area contributed by atoms with Gasteiger partial charge in [0.2, 0.25) is 0 Å². The Bertz CT molecular complexity index is 768. The van der Waals surface area contributed by atoms with Gasteiger partial charge in [-0.15, -0.1) is 0 Å². The summed E-state index contributed by atoms with van der Waals surface area (Å²) in [4.78, 5) is 27.1. The first-order valence-corrected chi connectivity index (χ1v) is 7.90. The molecule has 24 heavy (non-hydrogen) atoms. The minimum atomic E-state index is -0.504. The van der Waals surface area contributed by atoms with Crippen molar-refractivity contribution >= 4 is 17.3 Å². The number of anilines is 1. The lowest BCUT2D eigenvalue weighted by atomic mass is 10.1. The van der Waals surface area contributed by atoms with Crippen molar-refractivity contribution in [3.05, 3.63) is 69.8 Å². The maximum Gasteiger partial charge on any atom is 0.282 e.